The first-order valence-electron chi connectivity index (χ1n) is 13.8. The molecule has 0 spiro atoms. The topological polar surface area (TPSA) is 96.0 Å². The fourth-order valence-electron chi connectivity index (χ4n) is 4.26. The van der Waals surface area contributed by atoms with Crippen LogP contribution in [0.5, 0.6) is 5.75 Å². The summed E-state index contributed by atoms with van der Waals surface area (Å²) in [5.41, 5.74) is 0.378. The van der Waals surface area contributed by atoms with Gasteiger partial charge in [0, 0.05) is 23.5 Å². The molecule has 0 aliphatic carbocycles. The zero-order valence-electron chi connectivity index (χ0n) is 24.4. The average molecular weight is 616 g/mol. The summed E-state index contributed by atoms with van der Waals surface area (Å²) in [6.07, 6.45) is 3.52. The number of thioether (sulfide) groups is 1. The quantitative estimate of drug-likeness (QED) is 0.180. The number of sulfonamides is 1. The van der Waals surface area contributed by atoms with Crippen LogP contribution < -0.4 is 14.4 Å². The highest BCUT2D eigenvalue weighted by atomic mass is 32.2. The van der Waals surface area contributed by atoms with Crippen molar-refractivity contribution in [2.45, 2.75) is 56.0 Å². The van der Waals surface area contributed by atoms with Gasteiger partial charge in [-0.2, -0.15) is 0 Å². The number of benzene rings is 3. The smallest absolute Gasteiger partial charge is 0.264 e. The van der Waals surface area contributed by atoms with Gasteiger partial charge in [0.15, 0.2) is 0 Å². The molecule has 0 heterocycles. The molecule has 1 N–H and O–H groups in total. The van der Waals surface area contributed by atoms with Gasteiger partial charge >= 0.3 is 0 Å². The lowest BCUT2D eigenvalue weighted by Gasteiger charge is -2.32. The lowest BCUT2D eigenvalue weighted by molar-refractivity contribution is -0.139. The SMILES string of the molecule is CCCCNC(=O)[C@@H](C)N(Cc1ccccc1F)C(=O)CN(c1ccccc1OCC)S(=O)(=O)c1ccc(SC)cc1. The second-order valence-corrected chi connectivity index (χ2v) is 12.3. The van der Waals surface area contributed by atoms with Crippen LogP contribution in [-0.4, -0.2) is 57.1 Å². The summed E-state index contributed by atoms with van der Waals surface area (Å²) in [6, 6.07) is 17.9. The van der Waals surface area contributed by atoms with E-state index >= 15 is 0 Å². The molecular weight excluding hydrogens is 577 g/mol. The van der Waals surface area contributed by atoms with E-state index in [1.807, 2.05) is 13.2 Å². The number of nitrogens with one attached hydrogen (secondary N) is 1. The average Bonchev–Trinajstić information content (AvgIpc) is 2.99. The Morgan fingerprint density at radius 2 is 1.67 bits per heavy atom. The van der Waals surface area contributed by atoms with E-state index < -0.39 is 40.2 Å². The molecule has 0 aromatic heterocycles. The maximum Gasteiger partial charge on any atom is 0.264 e. The molecule has 0 saturated carbocycles. The van der Waals surface area contributed by atoms with Crippen LogP contribution >= 0.6 is 11.8 Å². The Morgan fingerprint density at radius 3 is 2.31 bits per heavy atom. The van der Waals surface area contributed by atoms with E-state index in [0.717, 1.165) is 22.0 Å². The number of ether oxygens (including phenoxy) is 1. The molecule has 2 amide bonds. The number of para-hydroxylation sites is 2. The molecule has 0 radical (unpaired) electrons. The van der Waals surface area contributed by atoms with E-state index in [2.05, 4.69) is 5.32 Å². The second-order valence-electron chi connectivity index (χ2n) is 9.52. The van der Waals surface area contributed by atoms with Gasteiger partial charge in [-0.25, -0.2) is 12.8 Å². The predicted molar refractivity (Wildman–Crippen MR) is 165 cm³/mol. The highest BCUT2D eigenvalue weighted by Gasteiger charge is 2.34. The minimum atomic E-state index is -4.27. The number of anilines is 1. The lowest BCUT2D eigenvalue weighted by atomic mass is 10.1. The van der Waals surface area contributed by atoms with Crippen LogP contribution in [-0.2, 0) is 26.2 Å². The van der Waals surface area contributed by atoms with Crippen molar-refractivity contribution < 1.29 is 27.1 Å². The summed E-state index contributed by atoms with van der Waals surface area (Å²) in [5.74, 6) is -1.34. The third-order valence-electron chi connectivity index (χ3n) is 6.66. The van der Waals surface area contributed by atoms with Crippen LogP contribution in [0, 0.1) is 5.82 Å². The van der Waals surface area contributed by atoms with Crippen LogP contribution in [0.25, 0.3) is 0 Å². The first-order chi connectivity index (χ1) is 20.1. The number of unbranched alkanes of at least 4 members (excludes halogenated alkanes) is 1. The van der Waals surface area contributed by atoms with Crippen molar-refractivity contribution in [3.8, 4) is 5.75 Å². The van der Waals surface area contributed by atoms with Crippen LogP contribution in [0.4, 0.5) is 10.1 Å². The number of carbonyl (C=O) groups excluding carboxylic acids is 2. The Morgan fingerprint density at radius 1 is 1.00 bits per heavy atom. The maximum absolute atomic E-state index is 14.7. The molecule has 11 heteroatoms. The van der Waals surface area contributed by atoms with Crippen molar-refractivity contribution in [3.63, 3.8) is 0 Å². The maximum atomic E-state index is 14.7. The van der Waals surface area contributed by atoms with Crippen LogP contribution in [0.2, 0.25) is 0 Å². The molecule has 0 aliphatic heterocycles. The molecule has 0 fully saturated rings. The summed E-state index contributed by atoms with van der Waals surface area (Å²) >= 11 is 1.47. The molecule has 226 valence electrons. The van der Waals surface area contributed by atoms with E-state index in [4.69, 9.17) is 4.74 Å². The van der Waals surface area contributed by atoms with Gasteiger partial charge in [-0.1, -0.05) is 43.7 Å². The van der Waals surface area contributed by atoms with Crippen LogP contribution in [0.1, 0.15) is 39.2 Å². The number of amides is 2. The number of nitrogens with zero attached hydrogens (tertiary/aromatic N) is 2. The third kappa shape index (κ3) is 8.25. The van der Waals surface area contributed by atoms with Gasteiger partial charge in [-0.15, -0.1) is 11.8 Å². The van der Waals surface area contributed by atoms with Crippen molar-refractivity contribution in [2.75, 3.05) is 30.3 Å². The van der Waals surface area contributed by atoms with Crippen molar-refractivity contribution >= 4 is 39.3 Å². The van der Waals surface area contributed by atoms with Gasteiger partial charge in [0.2, 0.25) is 11.8 Å². The van der Waals surface area contributed by atoms with Gasteiger partial charge in [0.25, 0.3) is 10.0 Å². The molecule has 0 aliphatic rings. The van der Waals surface area contributed by atoms with Gasteiger partial charge in [-0.05, 0) is 69.0 Å². The van der Waals surface area contributed by atoms with Crippen molar-refractivity contribution in [1.82, 2.24) is 10.2 Å². The molecule has 1 atom stereocenters. The van der Waals surface area contributed by atoms with E-state index in [0.29, 0.717) is 6.54 Å². The first-order valence-corrected chi connectivity index (χ1v) is 16.5. The van der Waals surface area contributed by atoms with Gasteiger partial charge in [0.1, 0.15) is 24.2 Å². The molecular formula is C31H38FN3O5S2. The summed E-state index contributed by atoms with van der Waals surface area (Å²) in [6.45, 7) is 5.15. The monoisotopic (exact) mass is 615 g/mol. The predicted octanol–water partition coefficient (Wildman–Crippen LogP) is 5.48. The van der Waals surface area contributed by atoms with Gasteiger partial charge < -0.3 is 15.0 Å². The minimum absolute atomic E-state index is 0.00888. The van der Waals surface area contributed by atoms with E-state index in [1.165, 1.54) is 47.0 Å². The third-order valence-corrected chi connectivity index (χ3v) is 9.17. The lowest BCUT2D eigenvalue weighted by Crippen LogP contribution is -2.51. The van der Waals surface area contributed by atoms with Crippen molar-refractivity contribution in [2.24, 2.45) is 0 Å². The Balaban J connectivity index is 2.07. The molecule has 0 bridgehead atoms. The Kier molecular flexibility index (Phi) is 12.2. The summed E-state index contributed by atoms with van der Waals surface area (Å²) in [7, 11) is -4.27. The summed E-state index contributed by atoms with van der Waals surface area (Å²) < 4.78 is 49.6. The number of hydrogen-bond donors (Lipinski definition) is 1. The van der Waals surface area contributed by atoms with E-state index in [1.54, 1.807) is 56.3 Å². The van der Waals surface area contributed by atoms with Crippen LogP contribution in [0.15, 0.2) is 82.6 Å². The summed E-state index contributed by atoms with van der Waals surface area (Å²) in [4.78, 5) is 29.2. The summed E-state index contributed by atoms with van der Waals surface area (Å²) in [5, 5.41) is 2.82. The van der Waals surface area contributed by atoms with Crippen LogP contribution in [0.3, 0.4) is 0 Å². The zero-order valence-corrected chi connectivity index (χ0v) is 26.0. The zero-order chi connectivity index (χ0) is 30.7. The van der Waals surface area contributed by atoms with E-state index in [9.17, 15) is 22.4 Å². The number of hydrogen-bond acceptors (Lipinski definition) is 6. The molecule has 3 aromatic carbocycles. The molecule has 0 unspecified atom stereocenters. The standard InChI is InChI=1S/C31H38FN3O5S2/c1-5-7-20-33-31(37)23(3)34(21-24-12-8-9-13-27(24)32)30(36)22-35(28-14-10-11-15-29(28)40-6-2)42(38,39)26-18-16-25(41-4)17-19-26/h8-19,23H,5-7,20-22H2,1-4H3,(H,33,37)/t23-/m1/s1. The fraction of sp³-hybridized carbons (Fsp3) is 0.355. The molecule has 3 rings (SSSR count). The number of halogens is 1. The molecule has 0 saturated heterocycles. The Hall–Kier alpha value is -3.57. The van der Waals surface area contributed by atoms with E-state index in [-0.39, 0.29) is 35.0 Å². The molecule has 8 nitrogen and oxygen atoms in total. The number of rotatable bonds is 15. The first kappa shape index (κ1) is 32.9. The normalized spacial score (nSPS) is 11.9. The minimum Gasteiger partial charge on any atom is -0.492 e. The van der Waals surface area contributed by atoms with Gasteiger partial charge in [0.05, 0.1) is 17.2 Å². The fourth-order valence-corrected chi connectivity index (χ4v) is 6.09. The molecule has 42 heavy (non-hydrogen) atoms. The Labute approximate surface area is 252 Å². The number of carbonyl (C=O) groups is 2. The Bertz CT molecular complexity index is 1450. The second kappa shape index (κ2) is 15.6. The highest BCUT2D eigenvalue weighted by Crippen LogP contribution is 2.33. The van der Waals surface area contributed by atoms with Crippen molar-refractivity contribution in [1.29, 1.82) is 0 Å². The largest absolute Gasteiger partial charge is 0.492 e. The van der Waals surface area contributed by atoms with Crippen molar-refractivity contribution in [3.05, 3.63) is 84.2 Å². The molecule has 3 aromatic rings. The highest BCUT2D eigenvalue weighted by molar-refractivity contribution is 7.98. The van der Waals surface area contributed by atoms with Gasteiger partial charge in [-0.3, -0.25) is 13.9 Å².